The Morgan fingerprint density at radius 2 is 1.88 bits per heavy atom. The molecule has 0 saturated carbocycles. The van der Waals surface area contributed by atoms with E-state index in [1.54, 1.807) is 42.3 Å². The minimum atomic E-state index is -0.445. The average Bonchev–Trinajstić information content (AvgIpc) is 3.22. The van der Waals surface area contributed by atoms with Gasteiger partial charge >= 0.3 is 0 Å². The third-order valence-corrected chi connectivity index (χ3v) is 4.35. The summed E-state index contributed by atoms with van der Waals surface area (Å²) in [6.45, 7) is 0. The molecule has 1 aliphatic rings. The minimum absolute atomic E-state index is 0.000303. The molecule has 0 atom stereocenters. The fraction of sp³-hybridized carbons (Fsp3) is 0.0500. The van der Waals surface area contributed by atoms with Gasteiger partial charge in [0.05, 0.1) is 16.2 Å². The van der Waals surface area contributed by atoms with E-state index in [0.717, 1.165) is 11.3 Å². The third kappa shape index (κ3) is 2.57. The first-order chi connectivity index (χ1) is 12.5. The summed E-state index contributed by atoms with van der Waals surface area (Å²) >= 11 is 0. The average molecular weight is 346 g/mol. The van der Waals surface area contributed by atoms with E-state index in [1.165, 1.54) is 12.1 Å². The number of rotatable bonds is 3. The molecule has 0 aliphatic carbocycles. The topological polar surface area (TPSA) is 76.6 Å². The lowest BCUT2D eigenvalue weighted by Gasteiger charge is -2.07. The summed E-state index contributed by atoms with van der Waals surface area (Å²) in [6, 6.07) is 17.3. The van der Waals surface area contributed by atoms with Gasteiger partial charge in [-0.2, -0.15) is 0 Å². The molecule has 0 spiro atoms. The van der Waals surface area contributed by atoms with Crippen LogP contribution in [0.1, 0.15) is 11.3 Å². The van der Waals surface area contributed by atoms with Crippen LogP contribution in [0.5, 0.6) is 0 Å². The lowest BCUT2D eigenvalue weighted by molar-refractivity contribution is -0.384. The maximum absolute atomic E-state index is 12.5. The first-order valence-electron chi connectivity index (χ1n) is 7.98. The molecule has 0 radical (unpaired) electrons. The zero-order valence-corrected chi connectivity index (χ0v) is 13.9. The molecule has 3 aromatic rings. The lowest BCUT2D eigenvalue weighted by atomic mass is 10.1. The largest absolute Gasteiger partial charge is 0.457 e. The molecule has 2 aromatic carbocycles. The van der Waals surface area contributed by atoms with Gasteiger partial charge in [-0.3, -0.25) is 14.9 Å². The SMILES string of the molecule is CN1C(=O)/C(=C/c2ccc(-c3cccc([N+](=O)[O-])c3)o2)c2ccccc21. The Morgan fingerprint density at radius 3 is 2.69 bits per heavy atom. The van der Waals surface area contributed by atoms with Crippen LogP contribution in [0.2, 0.25) is 0 Å². The molecule has 0 saturated heterocycles. The second-order valence-electron chi connectivity index (χ2n) is 5.95. The summed E-state index contributed by atoms with van der Waals surface area (Å²) < 4.78 is 5.80. The standard InChI is InChI=1S/C20H14N2O4/c1-21-18-8-3-2-7-16(18)17(20(21)23)12-15-9-10-19(26-15)13-5-4-6-14(11-13)22(24)25/h2-12H,1H3/b17-12+. The highest BCUT2D eigenvalue weighted by Crippen LogP contribution is 2.37. The lowest BCUT2D eigenvalue weighted by Crippen LogP contribution is -2.20. The number of anilines is 1. The van der Waals surface area contributed by atoms with Gasteiger partial charge in [0.15, 0.2) is 0 Å². The van der Waals surface area contributed by atoms with Crippen molar-refractivity contribution in [3.63, 3.8) is 0 Å². The van der Waals surface area contributed by atoms with Crippen LogP contribution in [0.15, 0.2) is 65.1 Å². The van der Waals surface area contributed by atoms with Crippen molar-refractivity contribution in [3.05, 3.63) is 82.1 Å². The molecule has 1 aromatic heterocycles. The summed E-state index contributed by atoms with van der Waals surface area (Å²) in [7, 11) is 1.73. The van der Waals surface area contributed by atoms with Crippen LogP contribution in [0.4, 0.5) is 11.4 Å². The van der Waals surface area contributed by atoms with Crippen LogP contribution in [-0.4, -0.2) is 17.9 Å². The predicted octanol–water partition coefficient (Wildman–Crippen LogP) is 4.37. The highest BCUT2D eigenvalue weighted by Gasteiger charge is 2.29. The van der Waals surface area contributed by atoms with Crippen molar-refractivity contribution in [2.75, 3.05) is 11.9 Å². The van der Waals surface area contributed by atoms with Gasteiger partial charge in [0, 0.05) is 30.3 Å². The van der Waals surface area contributed by atoms with Gasteiger partial charge in [-0.05, 0) is 24.3 Å². The summed E-state index contributed by atoms with van der Waals surface area (Å²) in [4.78, 5) is 24.6. The van der Waals surface area contributed by atoms with E-state index in [0.29, 0.717) is 22.7 Å². The molecule has 1 amide bonds. The number of hydrogen-bond acceptors (Lipinski definition) is 4. The Balaban J connectivity index is 1.72. The molecule has 26 heavy (non-hydrogen) atoms. The molecular formula is C20H14N2O4. The van der Waals surface area contributed by atoms with Crippen molar-refractivity contribution in [2.45, 2.75) is 0 Å². The molecule has 0 N–H and O–H groups in total. The van der Waals surface area contributed by atoms with E-state index < -0.39 is 4.92 Å². The van der Waals surface area contributed by atoms with Crippen LogP contribution < -0.4 is 4.90 Å². The Kier molecular flexibility index (Phi) is 3.65. The van der Waals surface area contributed by atoms with E-state index >= 15 is 0 Å². The second kappa shape index (κ2) is 6.00. The quantitative estimate of drug-likeness (QED) is 0.401. The zero-order valence-electron chi connectivity index (χ0n) is 13.9. The van der Waals surface area contributed by atoms with Crippen molar-refractivity contribution in [2.24, 2.45) is 0 Å². The monoisotopic (exact) mass is 346 g/mol. The van der Waals surface area contributed by atoms with Gasteiger partial charge in [0.1, 0.15) is 11.5 Å². The van der Waals surface area contributed by atoms with Crippen LogP contribution in [-0.2, 0) is 4.79 Å². The van der Waals surface area contributed by atoms with E-state index in [1.807, 2.05) is 24.3 Å². The number of benzene rings is 2. The summed E-state index contributed by atoms with van der Waals surface area (Å²) in [5, 5.41) is 10.9. The molecule has 0 unspecified atom stereocenters. The van der Waals surface area contributed by atoms with Gasteiger partial charge in [-0.15, -0.1) is 0 Å². The van der Waals surface area contributed by atoms with Crippen molar-refractivity contribution in [3.8, 4) is 11.3 Å². The molecule has 0 fully saturated rings. The van der Waals surface area contributed by atoms with Crippen molar-refractivity contribution in [1.82, 2.24) is 0 Å². The summed E-state index contributed by atoms with van der Waals surface area (Å²) in [5.74, 6) is 0.923. The van der Waals surface area contributed by atoms with E-state index in [9.17, 15) is 14.9 Å². The Morgan fingerprint density at radius 1 is 1.08 bits per heavy atom. The minimum Gasteiger partial charge on any atom is -0.457 e. The van der Waals surface area contributed by atoms with Crippen molar-refractivity contribution >= 4 is 28.9 Å². The number of carbonyl (C=O) groups excluding carboxylic acids is 1. The van der Waals surface area contributed by atoms with Gasteiger partial charge in [-0.1, -0.05) is 30.3 Å². The predicted molar refractivity (Wildman–Crippen MR) is 98.5 cm³/mol. The van der Waals surface area contributed by atoms with Crippen LogP contribution in [0, 0.1) is 10.1 Å². The molecule has 6 nitrogen and oxygen atoms in total. The smallest absolute Gasteiger partial charge is 0.270 e. The number of nitro benzene ring substituents is 1. The van der Waals surface area contributed by atoms with Gasteiger partial charge in [0.2, 0.25) is 0 Å². The van der Waals surface area contributed by atoms with Crippen LogP contribution in [0.3, 0.4) is 0 Å². The number of nitrogens with zero attached hydrogens (tertiary/aromatic N) is 2. The number of carbonyl (C=O) groups is 1. The van der Waals surface area contributed by atoms with E-state index in [4.69, 9.17) is 4.42 Å². The summed E-state index contributed by atoms with van der Waals surface area (Å²) in [5.41, 5.74) is 2.88. The first kappa shape index (κ1) is 15.8. The normalized spacial score (nSPS) is 14.7. The second-order valence-corrected chi connectivity index (χ2v) is 5.95. The molecule has 128 valence electrons. The van der Waals surface area contributed by atoms with Crippen LogP contribution >= 0.6 is 0 Å². The Labute approximate surface area is 149 Å². The van der Waals surface area contributed by atoms with Crippen molar-refractivity contribution < 1.29 is 14.1 Å². The highest BCUT2D eigenvalue weighted by molar-refractivity contribution is 6.35. The number of hydrogen-bond donors (Lipinski definition) is 0. The Hall–Kier alpha value is -3.67. The number of fused-ring (bicyclic) bond motifs is 1. The van der Waals surface area contributed by atoms with Crippen LogP contribution in [0.25, 0.3) is 23.0 Å². The fourth-order valence-corrected chi connectivity index (χ4v) is 3.04. The third-order valence-electron chi connectivity index (χ3n) is 4.35. The number of furan rings is 1. The van der Waals surface area contributed by atoms with E-state index in [2.05, 4.69) is 0 Å². The maximum Gasteiger partial charge on any atom is 0.270 e. The van der Waals surface area contributed by atoms with Gasteiger partial charge in [0.25, 0.3) is 11.6 Å². The summed E-state index contributed by atoms with van der Waals surface area (Å²) in [6.07, 6.45) is 1.70. The zero-order chi connectivity index (χ0) is 18.3. The number of nitro groups is 1. The number of amides is 1. The molecule has 2 heterocycles. The molecule has 0 bridgehead atoms. The van der Waals surface area contributed by atoms with Gasteiger partial charge in [-0.25, -0.2) is 0 Å². The maximum atomic E-state index is 12.5. The highest BCUT2D eigenvalue weighted by atomic mass is 16.6. The number of likely N-dealkylation sites (N-methyl/N-ethyl adjacent to an activating group) is 1. The first-order valence-corrected chi connectivity index (χ1v) is 7.98. The molecule has 4 rings (SSSR count). The van der Waals surface area contributed by atoms with Gasteiger partial charge < -0.3 is 9.32 Å². The number of non-ortho nitro benzene ring substituents is 1. The molecular weight excluding hydrogens is 332 g/mol. The fourth-order valence-electron chi connectivity index (χ4n) is 3.04. The molecule has 1 aliphatic heterocycles. The number of para-hydroxylation sites is 1. The Bertz CT molecular complexity index is 1060. The molecule has 6 heteroatoms. The van der Waals surface area contributed by atoms with E-state index in [-0.39, 0.29) is 11.6 Å². The van der Waals surface area contributed by atoms with Crippen molar-refractivity contribution in [1.29, 1.82) is 0 Å².